The first kappa shape index (κ1) is 16.4. The molecule has 4 heteroatoms. The van der Waals surface area contributed by atoms with Crippen LogP contribution in [0.5, 0.6) is 0 Å². The van der Waals surface area contributed by atoms with Crippen molar-refractivity contribution in [2.75, 3.05) is 5.32 Å². The van der Waals surface area contributed by atoms with E-state index >= 15 is 0 Å². The Bertz CT molecular complexity index is 753. The Morgan fingerprint density at radius 2 is 1.62 bits per heavy atom. The van der Waals surface area contributed by atoms with E-state index in [1.54, 1.807) is 0 Å². The average Bonchev–Trinajstić information content (AvgIpc) is 2.61. The third-order valence-corrected chi connectivity index (χ3v) is 4.38. The molecule has 0 heterocycles. The molecule has 1 aliphatic carbocycles. The zero-order chi connectivity index (χ0) is 16.9. The molecule has 0 radical (unpaired) electrons. The van der Waals surface area contributed by atoms with Crippen LogP contribution in [0.3, 0.4) is 0 Å². The fourth-order valence-corrected chi connectivity index (χ4v) is 3.03. The van der Waals surface area contributed by atoms with E-state index in [1.807, 2.05) is 18.2 Å². The van der Waals surface area contributed by atoms with Crippen LogP contribution in [0.1, 0.15) is 47.2 Å². The van der Waals surface area contributed by atoms with Gasteiger partial charge in [0.15, 0.2) is 5.78 Å². The van der Waals surface area contributed by atoms with E-state index in [0.29, 0.717) is 11.3 Å². The van der Waals surface area contributed by atoms with Gasteiger partial charge in [0.25, 0.3) is 0 Å². The van der Waals surface area contributed by atoms with Gasteiger partial charge < -0.3 is 5.32 Å². The molecule has 1 aliphatic rings. The molecule has 0 saturated heterocycles. The Hall–Kier alpha value is -2.49. The van der Waals surface area contributed by atoms with Crippen molar-refractivity contribution in [2.24, 2.45) is 0 Å². The summed E-state index contributed by atoms with van der Waals surface area (Å²) >= 11 is 0. The maximum absolute atomic E-state index is 12.8. The lowest BCUT2D eigenvalue weighted by atomic mass is 9.89. The maximum Gasteiger partial charge on any atom is 0.224 e. The largest absolute Gasteiger partial charge is 0.326 e. The summed E-state index contributed by atoms with van der Waals surface area (Å²) in [4.78, 5) is 24.2. The van der Waals surface area contributed by atoms with E-state index < -0.39 is 0 Å². The number of hydrogen-bond donors (Lipinski definition) is 1. The van der Waals surface area contributed by atoms with Crippen LogP contribution >= 0.6 is 0 Å². The van der Waals surface area contributed by atoms with E-state index in [4.69, 9.17) is 0 Å². The third-order valence-electron chi connectivity index (χ3n) is 4.38. The number of amides is 1. The lowest BCUT2D eigenvalue weighted by Crippen LogP contribution is -2.14. The first-order valence-electron chi connectivity index (χ1n) is 8.32. The number of fused-ring (bicyclic) bond motifs is 1. The van der Waals surface area contributed by atoms with Gasteiger partial charge in [-0.25, -0.2) is 4.39 Å². The fraction of sp³-hybridized carbons (Fsp3) is 0.300. The second-order valence-corrected chi connectivity index (χ2v) is 6.17. The normalized spacial score (nSPS) is 13.2. The summed E-state index contributed by atoms with van der Waals surface area (Å²) in [6, 6.07) is 11.5. The van der Waals surface area contributed by atoms with Crippen LogP contribution in [0.25, 0.3) is 0 Å². The van der Waals surface area contributed by atoms with Gasteiger partial charge in [0.1, 0.15) is 5.82 Å². The van der Waals surface area contributed by atoms with Crippen LogP contribution in [0.2, 0.25) is 0 Å². The van der Waals surface area contributed by atoms with Gasteiger partial charge in [0.05, 0.1) is 0 Å². The quantitative estimate of drug-likeness (QED) is 0.833. The van der Waals surface area contributed by atoms with Crippen molar-refractivity contribution in [3.63, 3.8) is 0 Å². The van der Waals surface area contributed by atoms with Crippen LogP contribution < -0.4 is 5.32 Å². The summed E-state index contributed by atoms with van der Waals surface area (Å²) in [7, 11) is 0. The Labute approximate surface area is 140 Å². The third kappa shape index (κ3) is 4.07. The summed E-state index contributed by atoms with van der Waals surface area (Å²) in [5, 5.41) is 2.67. The number of rotatable bonds is 5. The number of ketones is 1. The molecule has 124 valence electrons. The number of nitrogens with one attached hydrogen (secondary N) is 1. The molecule has 0 bridgehead atoms. The van der Waals surface area contributed by atoms with Crippen molar-refractivity contribution in [1.82, 2.24) is 0 Å². The van der Waals surface area contributed by atoms with Crippen LogP contribution in [0.15, 0.2) is 42.5 Å². The highest BCUT2D eigenvalue weighted by Gasteiger charge is 2.14. The smallest absolute Gasteiger partial charge is 0.224 e. The Morgan fingerprint density at radius 3 is 2.38 bits per heavy atom. The van der Waals surface area contributed by atoms with Crippen molar-refractivity contribution in [3.8, 4) is 0 Å². The summed E-state index contributed by atoms with van der Waals surface area (Å²) in [5.74, 6) is -0.610. The number of carbonyl (C=O) groups is 2. The van der Waals surface area contributed by atoms with E-state index in [0.717, 1.165) is 12.8 Å². The van der Waals surface area contributed by atoms with Gasteiger partial charge in [0, 0.05) is 24.1 Å². The van der Waals surface area contributed by atoms with Crippen LogP contribution in [-0.2, 0) is 17.6 Å². The number of carbonyl (C=O) groups excluding carboxylic acids is 2. The van der Waals surface area contributed by atoms with E-state index in [9.17, 15) is 14.0 Å². The van der Waals surface area contributed by atoms with Gasteiger partial charge in [-0.2, -0.15) is 0 Å². The Morgan fingerprint density at radius 1 is 0.917 bits per heavy atom. The van der Waals surface area contributed by atoms with E-state index in [1.165, 1.54) is 48.2 Å². The summed E-state index contributed by atoms with van der Waals surface area (Å²) in [6.45, 7) is 0. The van der Waals surface area contributed by atoms with Crippen molar-refractivity contribution in [3.05, 3.63) is 65.0 Å². The first-order chi connectivity index (χ1) is 11.6. The number of aryl methyl sites for hydroxylation is 2. The average molecular weight is 325 g/mol. The number of anilines is 1. The van der Waals surface area contributed by atoms with Crippen molar-refractivity contribution in [2.45, 2.75) is 38.5 Å². The summed E-state index contributed by atoms with van der Waals surface area (Å²) in [5.41, 5.74) is 3.82. The van der Waals surface area contributed by atoms with Gasteiger partial charge in [-0.1, -0.05) is 12.1 Å². The molecule has 0 spiro atoms. The summed E-state index contributed by atoms with van der Waals surface area (Å²) in [6.07, 6.45) is 4.79. The van der Waals surface area contributed by atoms with Gasteiger partial charge in [-0.3, -0.25) is 9.59 Å². The second kappa shape index (κ2) is 7.39. The predicted octanol–water partition coefficient (Wildman–Crippen LogP) is 4.31. The van der Waals surface area contributed by atoms with Crippen molar-refractivity contribution < 1.29 is 14.0 Å². The molecule has 24 heavy (non-hydrogen) atoms. The molecular weight excluding hydrogens is 305 g/mol. The van der Waals surface area contributed by atoms with Gasteiger partial charge in [-0.05, 0) is 67.1 Å². The van der Waals surface area contributed by atoms with Crippen molar-refractivity contribution >= 4 is 17.4 Å². The highest BCUT2D eigenvalue weighted by molar-refractivity contribution is 6.00. The zero-order valence-corrected chi connectivity index (χ0v) is 13.5. The SMILES string of the molecule is O=C(CCC(=O)c1ccc2c(c1)CCCC2)Nc1ccc(F)cc1. The topological polar surface area (TPSA) is 46.2 Å². The lowest BCUT2D eigenvalue weighted by Gasteiger charge is -2.16. The minimum Gasteiger partial charge on any atom is -0.326 e. The fourth-order valence-electron chi connectivity index (χ4n) is 3.03. The molecular formula is C20H20FNO2. The lowest BCUT2D eigenvalue weighted by molar-refractivity contribution is -0.116. The van der Waals surface area contributed by atoms with Gasteiger partial charge in [-0.15, -0.1) is 0 Å². The van der Waals surface area contributed by atoms with E-state index in [-0.39, 0.29) is 30.3 Å². The van der Waals surface area contributed by atoms with Gasteiger partial charge >= 0.3 is 0 Å². The molecule has 1 amide bonds. The number of hydrogen-bond acceptors (Lipinski definition) is 2. The minimum atomic E-state index is -0.351. The maximum atomic E-state index is 12.8. The molecule has 0 aliphatic heterocycles. The van der Waals surface area contributed by atoms with Crippen LogP contribution in [-0.4, -0.2) is 11.7 Å². The Kier molecular flexibility index (Phi) is 5.04. The Balaban J connectivity index is 1.55. The highest BCUT2D eigenvalue weighted by atomic mass is 19.1. The highest BCUT2D eigenvalue weighted by Crippen LogP contribution is 2.23. The van der Waals surface area contributed by atoms with Crippen molar-refractivity contribution in [1.29, 1.82) is 0 Å². The molecule has 0 unspecified atom stereocenters. The first-order valence-corrected chi connectivity index (χ1v) is 8.32. The molecule has 0 fully saturated rings. The minimum absolute atomic E-state index is 0.0161. The zero-order valence-electron chi connectivity index (χ0n) is 13.5. The molecule has 0 atom stereocenters. The molecule has 1 N–H and O–H groups in total. The standard InChI is InChI=1S/C20H20FNO2/c21-17-7-9-18(10-8-17)22-20(24)12-11-19(23)16-6-5-14-3-1-2-4-15(14)13-16/h5-10,13H,1-4,11-12H2,(H,22,24). The molecule has 0 aromatic heterocycles. The van der Waals surface area contributed by atoms with Crippen LogP contribution in [0, 0.1) is 5.82 Å². The number of benzene rings is 2. The van der Waals surface area contributed by atoms with Gasteiger partial charge in [0.2, 0.25) is 5.91 Å². The van der Waals surface area contributed by atoms with Crippen LogP contribution in [0.4, 0.5) is 10.1 Å². The number of halogens is 1. The molecule has 2 aromatic rings. The second-order valence-electron chi connectivity index (χ2n) is 6.17. The monoisotopic (exact) mass is 325 g/mol. The number of Topliss-reactive ketones (excluding diaryl/α,β-unsaturated/α-hetero) is 1. The molecule has 3 nitrogen and oxygen atoms in total. The predicted molar refractivity (Wildman–Crippen MR) is 91.7 cm³/mol. The van der Waals surface area contributed by atoms with E-state index in [2.05, 4.69) is 5.32 Å². The molecule has 0 saturated carbocycles. The summed E-state index contributed by atoms with van der Waals surface area (Å²) < 4.78 is 12.8. The molecule has 3 rings (SSSR count). The molecule has 2 aromatic carbocycles.